The first-order valence-electron chi connectivity index (χ1n) is 15.8. The van der Waals surface area contributed by atoms with Crippen LogP contribution in [0, 0.1) is 5.41 Å². The number of ether oxygens (including phenoxy) is 2. The van der Waals surface area contributed by atoms with E-state index in [1.54, 1.807) is 6.07 Å². The van der Waals surface area contributed by atoms with Crippen molar-refractivity contribution in [3.05, 3.63) is 59.9 Å². The van der Waals surface area contributed by atoms with Crippen LogP contribution < -0.4 is 10.1 Å². The van der Waals surface area contributed by atoms with E-state index < -0.39 is 0 Å². The molecule has 0 radical (unpaired) electrons. The average Bonchev–Trinajstić information content (AvgIpc) is 3.49. The lowest BCUT2D eigenvalue weighted by Crippen LogP contribution is -2.46. The molecule has 1 aromatic heterocycles. The molecule has 9 heteroatoms. The molecule has 3 aromatic rings. The van der Waals surface area contributed by atoms with Crippen molar-refractivity contribution >= 4 is 17.5 Å². The van der Waals surface area contributed by atoms with E-state index >= 15 is 0 Å². The van der Waals surface area contributed by atoms with Crippen LogP contribution in [0.4, 0.5) is 5.69 Å². The number of aromatic hydroxyl groups is 1. The van der Waals surface area contributed by atoms with Gasteiger partial charge < -0.3 is 24.8 Å². The van der Waals surface area contributed by atoms with Crippen molar-refractivity contribution in [2.45, 2.75) is 85.7 Å². The molecule has 2 amide bonds. The molecular weight excluding hydrogens is 556 g/mol. The number of benzene rings is 2. The highest BCUT2D eigenvalue weighted by Gasteiger charge is 2.29. The van der Waals surface area contributed by atoms with Crippen LogP contribution in [0.2, 0.25) is 0 Å². The lowest BCUT2D eigenvalue weighted by atomic mass is 9.86. The molecule has 1 atom stereocenters. The predicted octanol–water partition coefficient (Wildman–Crippen LogP) is 6.23. The fourth-order valence-electron chi connectivity index (χ4n) is 5.37. The Hall–Kier alpha value is -3.85. The number of hydrogen-bond donors (Lipinski definition) is 2. The van der Waals surface area contributed by atoms with Crippen LogP contribution in [0.3, 0.4) is 0 Å². The fourth-order valence-corrected chi connectivity index (χ4v) is 5.37. The first-order valence-corrected chi connectivity index (χ1v) is 15.8. The highest BCUT2D eigenvalue weighted by molar-refractivity contribution is 5.97. The molecule has 0 spiro atoms. The first-order chi connectivity index (χ1) is 21.1. The molecule has 44 heavy (non-hydrogen) atoms. The van der Waals surface area contributed by atoms with E-state index in [4.69, 9.17) is 9.47 Å². The Kier molecular flexibility index (Phi) is 11.4. The van der Waals surface area contributed by atoms with E-state index in [9.17, 15) is 14.7 Å². The quantitative estimate of drug-likeness (QED) is 0.157. The van der Waals surface area contributed by atoms with Gasteiger partial charge in [0.2, 0.25) is 5.91 Å². The third-order valence-corrected chi connectivity index (χ3v) is 8.43. The Bertz CT molecular complexity index is 1410. The average molecular weight is 605 g/mol. The number of anilines is 1. The molecule has 4 rings (SSSR count). The Balaban J connectivity index is 1.22. The van der Waals surface area contributed by atoms with Gasteiger partial charge in [0.25, 0.3) is 5.91 Å². The van der Waals surface area contributed by atoms with Crippen molar-refractivity contribution in [2.75, 3.05) is 31.7 Å². The van der Waals surface area contributed by atoms with Gasteiger partial charge in [-0.25, -0.2) is 0 Å². The van der Waals surface area contributed by atoms with Crippen molar-refractivity contribution in [1.82, 2.24) is 14.7 Å². The summed E-state index contributed by atoms with van der Waals surface area (Å²) < 4.78 is 13.5. The van der Waals surface area contributed by atoms with E-state index in [1.807, 2.05) is 21.8 Å². The minimum Gasteiger partial charge on any atom is -0.506 e. The number of hydrogen-bond acceptors (Lipinski definition) is 6. The van der Waals surface area contributed by atoms with Crippen LogP contribution in [0.25, 0.3) is 11.1 Å². The number of fused-ring (bicyclic) bond motifs is 1. The molecule has 0 aliphatic carbocycles. The van der Waals surface area contributed by atoms with Crippen molar-refractivity contribution in [1.29, 1.82) is 0 Å². The summed E-state index contributed by atoms with van der Waals surface area (Å²) in [6.07, 6.45) is 8.60. The Morgan fingerprint density at radius 2 is 1.95 bits per heavy atom. The molecule has 2 N–H and O–H groups in total. The second-order valence-electron chi connectivity index (χ2n) is 12.6. The largest absolute Gasteiger partial charge is 0.506 e. The van der Waals surface area contributed by atoms with Crippen LogP contribution in [0.15, 0.2) is 48.8 Å². The number of amides is 2. The molecule has 2 heterocycles. The van der Waals surface area contributed by atoms with Crippen molar-refractivity contribution in [2.24, 2.45) is 5.41 Å². The summed E-state index contributed by atoms with van der Waals surface area (Å²) in [5.41, 5.74) is 4.73. The Labute approximate surface area is 261 Å². The number of unbranched alkanes of at least 4 members (excludes halogenated alkanes) is 2. The number of nitrogens with one attached hydrogen (secondary N) is 1. The van der Waals surface area contributed by atoms with Gasteiger partial charge in [-0.2, -0.15) is 5.10 Å². The minimum atomic E-state index is -0.269. The maximum absolute atomic E-state index is 13.4. The predicted molar refractivity (Wildman–Crippen MR) is 173 cm³/mol. The summed E-state index contributed by atoms with van der Waals surface area (Å²) >= 11 is 0. The van der Waals surface area contributed by atoms with Crippen LogP contribution in [-0.4, -0.2) is 64.0 Å². The summed E-state index contributed by atoms with van der Waals surface area (Å²) in [4.78, 5) is 27.0. The topological polar surface area (TPSA) is 106 Å². The standard InChI is InChI=1S/C35H48N4O5/c1-6-38-23-29(22-36-38)28-13-10-11-26(21-28)16-19-43-20-17-32(42)39(25(2)35(3,4)5)18-9-7-8-12-27-14-15-30(40)33-34(27)44-24-31(41)37-33/h10-11,13-15,21-23,25,40H,6-9,12,16-20,24H2,1-5H3,(H,37,41)/t25-/m1/s1. The van der Waals surface area contributed by atoms with Gasteiger partial charge in [-0.15, -0.1) is 0 Å². The monoisotopic (exact) mass is 604 g/mol. The van der Waals surface area contributed by atoms with Gasteiger partial charge in [-0.05, 0) is 67.7 Å². The first kappa shape index (κ1) is 33.1. The molecule has 1 aliphatic rings. The van der Waals surface area contributed by atoms with Gasteiger partial charge in [0.15, 0.2) is 12.4 Å². The van der Waals surface area contributed by atoms with Crippen LogP contribution in [0.1, 0.15) is 71.4 Å². The summed E-state index contributed by atoms with van der Waals surface area (Å²) in [7, 11) is 0. The lowest BCUT2D eigenvalue weighted by molar-refractivity contribution is -0.136. The van der Waals surface area contributed by atoms with E-state index in [2.05, 4.69) is 75.5 Å². The van der Waals surface area contributed by atoms with E-state index in [-0.39, 0.29) is 35.6 Å². The Morgan fingerprint density at radius 3 is 2.70 bits per heavy atom. The molecule has 0 saturated carbocycles. The summed E-state index contributed by atoms with van der Waals surface area (Å²) in [6.45, 7) is 13.2. The van der Waals surface area contributed by atoms with Gasteiger partial charge in [0, 0.05) is 30.9 Å². The van der Waals surface area contributed by atoms with Gasteiger partial charge in [-0.3, -0.25) is 14.3 Å². The van der Waals surface area contributed by atoms with Gasteiger partial charge in [-0.1, -0.05) is 57.5 Å². The number of carbonyl (C=O) groups excluding carboxylic acids is 2. The zero-order valence-corrected chi connectivity index (χ0v) is 26.9. The van der Waals surface area contributed by atoms with Crippen molar-refractivity contribution < 1.29 is 24.2 Å². The summed E-state index contributed by atoms with van der Waals surface area (Å²) in [5, 5.41) is 17.2. The van der Waals surface area contributed by atoms with Crippen LogP contribution >= 0.6 is 0 Å². The highest BCUT2D eigenvalue weighted by Crippen LogP contribution is 2.39. The molecule has 0 unspecified atom stereocenters. The molecule has 2 aromatic carbocycles. The second kappa shape index (κ2) is 15.2. The van der Waals surface area contributed by atoms with Crippen LogP contribution in [-0.2, 0) is 33.7 Å². The third kappa shape index (κ3) is 8.85. The lowest BCUT2D eigenvalue weighted by Gasteiger charge is -2.38. The van der Waals surface area contributed by atoms with E-state index in [1.165, 1.54) is 5.56 Å². The molecule has 0 saturated heterocycles. The summed E-state index contributed by atoms with van der Waals surface area (Å²) in [5.74, 6) is 0.421. The second-order valence-corrected chi connectivity index (χ2v) is 12.6. The van der Waals surface area contributed by atoms with Crippen molar-refractivity contribution in [3.8, 4) is 22.6 Å². The molecule has 238 valence electrons. The smallest absolute Gasteiger partial charge is 0.262 e. The molecule has 0 bridgehead atoms. The van der Waals surface area contributed by atoms with Gasteiger partial charge >= 0.3 is 0 Å². The fraction of sp³-hybridized carbons (Fsp3) is 0.514. The maximum Gasteiger partial charge on any atom is 0.262 e. The number of phenolic OH excluding ortho intramolecular Hbond substituents is 1. The minimum absolute atomic E-state index is 0.0107. The van der Waals surface area contributed by atoms with E-state index in [0.29, 0.717) is 37.6 Å². The Morgan fingerprint density at radius 1 is 1.14 bits per heavy atom. The van der Waals surface area contributed by atoms with Gasteiger partial charge in [0.1, 0.15) is 11.4 Å². The number of rotatable bonds is 15. The van der Waals surface area contributed by atoms with Crippen molar-refractivity contribution in [3.63, 3.8) is 0 Å². The molecule has 9 nitrogen and oxygen atoms in total. The maximum atomic E-state index is 13.4. The highest BCUT2D eigenvalue weighted by atomic mass is 16.5. The van der Waals surface area contributed by atoms with E-state index in [0.717, 1.165) is 55.3 Å². The molecule has 1 aliphatic heterocycles. The van der Waals surface area contributed by atoms with Crippen LogP contribution in [0.5, 0.6) is 11.5 Å². The SMILES string of the molecule is CCn1cc(-c2cccc(CCOCCC(=O)N(CCCCCc3ccc(O)c4c3OCC(=O)N4)[C@H](C)C(C)(C)C)c2)cn1. The summed E-state index contributed by atoms with van der Waals surface area (Å²) in [6, 6.07) is 12.0. The number of nitrogens with zero attached hydrogens (tertiary/aromatic N) is 3. The van der Waals surface area contributed by atoms with Gasteiger partial charge in [0.05, 0.1) is 25.8 Å². The molecule has 0 fully saturated rings. The molecular formula is C35H48N4O5. The zero-order chi connectivity index (χ0) is 31.7. The number of phenols is 1. The number of aryl methyl sites for hydroxylation is 2. The third-order valence-electron chi connectivity index (χ3n) is 8.43. The normalized spacial score (nSPS) is 13.6. The number of carbonyl (C=O) groups is 2. The zero-order valence-electron chi connectivity index (χ0n) is 26.9. The number of aromatic nitrogens is 2.